The predicted molar refractivity (Wildman–Crippen MR) is 575 cm³/mol. The molecule has 0 radical (unpaired) electrons. The van der Waals surface area contributed by atoms with Crippen LogP contribution in [0.15, 0.2) is 225 Å². The van der Waals surface area contributed by atoms with Crippen molar-refractivity contribution in [1.29, 1.82) is 0 Å². The Bertz CT molecular complexity index is 7100. The Balaban J connectivity index is 0.000000179. The highest BCUT2D eigenvalue weighted by Crippen LogP contribution is 2.43. The molecular formula is C107H134N24O10S2. The molecule has 0 bridgehead atoms. The minimum Gasteiger partial charge on any atom is -0.497 e. The molecule has 0 atom stereocenters. The lowest BCUT2D eigenvalue weighted by Gasteiger charge is -2.28. The van der Waals surface area contributed by atoms with Crippen LogP contribution in [0.4, 0.5) is 45.5 Å². The number of nitrogens with zero attached hydrogens (tertiary/aromatic N) is 22. The first-order chi connectivity index (χ1) is 66.6. The van der Waals surface area contributed by atoms with E-state index in [9.17, 15) is 8.42 Å². The Morgan fingerprint density at radius 2 is 0.762 bits per heavy atom. The molecule has 3 fully saturated rings. The third-order valence-corrected chi connectivity index (χ3v) is 26.1. The van der Waals surface area contributed by atoms with Crippen LogP contribution in [0.2, 0.25) is 0 Å². The van der Waals surface area contributed by atoms with Gasteiger partial charge in [-0.2, -0.15) is 33.1 Å². The molecule has 36 heteroatoms. The first-order valence-corrected chi connectivity index (χ1v) is 47.4. The number of thiazole rings is 1. The van der Waals surface area contributed by atoms with Crippen molar-refractivity contribution >= 4 is 111 Å². The summed E-state index contributed by atoms with van der Waals surface area (Å²) in [5.74, 6) is 7.25. The number of fused-ring (bicyclic) bond motifs is 4. The minimum atomic E-state index is -3.58. The number of benzene rings is 8. The molecular weight excluding hydrogens is 1850 g/mol. The van der Waals surface area contributed by atoms with E-state index in [4.69, 9.17) is 57.8 Å². The highest BCUT2D eigenvalue weighted by Gasteiger charge is 2.29. The van der Waals surface area contributed by atoms with Gasteiger partial charge in [-0.25, -0.2) is 29.6 Å². The number of H-pyrrole nitrogens is 1. The summed E-state index contributed by atoms with van der Waals surface area (Å²) in [5.41, 5.74) is 22.0. The number of hydrogen-bond donors (Lipinski definition) is 2. The second-order valence-electron chi connectivity index (χ2n) is 33.8. The van der Waals surface area contributed by atoms with Gasteiger partial charge in [0, 0.05) is 239 Å². The first kappa shape index (κ1) is 108. The van der Waals surface area contributed by atoms with Gasteiger partial charge < -0.3 is 62.4 Å². The molecule has 2 saturated carbocycles. The monoisotopic (exact) mass is 1980 g/mol. The molecule has 0 amide bonds. The number of hydrogen-bond acceptors (Lipinski definition) is 29. The molecule has 3 aliphatic rings. The van der Waals surface area contributed by atoms with E-state index in [0.717, 1.165) is 201 Å². The van der Waals surface area contributed by atoms with Crippen LogP contribution in [0.1, 0.15) is 93.8 Å². The van der Waals surface area contributed by atoms with Crippen molar-refractivity contribution in [2.24, 2.45) is 33.0 Å². The van der Waals surface area contributed by atoms with Crippen molar-refractivity contribution in [3.05, 3.63) is 236 Å². The van der Waals surface area contributed by atoms with E-state index in [1.54, 1.807) is 118 Å². The van der Waals surface area contributed by atoms with E-state index >= 15 is 0 Å². The zero-order valence-electron chi connectivity index (χ0n) is 78.9. The van der Waals surface area contributed by atoms with E-state index < -0.39 is 10.2 Å². The van der Waals surface area contributed by atoms with Gasteiger partial charge in [-0.3, -0.25) is 39.1 Å². The van der Waals surface area contributed by atoms with Gasteiger partial charge >= 0.3 is 0 Å². The molecule has 2 aliphatic carbocycles. The summed E-state index contributed by atoms with van der Waals surface area (Å²) in [5, 5.41) is 22.7. The van der Waals surface area contributed by atoms with Gasteiger partial charge in [-0.05, 0) is 143 Å². The number of nitrogens with one attached hydrogen (secondary N) is 2. The average Bonchev–Trinajstić information content (AvgIpc) is 1.76. The van der Waals surface area contributed by atoms with Crippen molar-refractivity contribution in [3.63, 3.8) is 0 Å². The third kappa shape index (κ3) is 27.2. The molecule has 1 saturated heterocycles. The second kappa shape index (κ2) is 49.4. The molecule has 8 aromatic carbocycles. The molecule has 17 aromatic rings. The lowest BCUT2D eigenvalue weighted by atomic mass is 10.1. The smallest absolute Gasteiger partial charge is 0.278 e. The Morgan fingerprint density at radius 1 is 0.406 bits per heavy atom. The molecule has 143 heavy (non-hydrogen) atoms. The number of anilines is 8. The number of likely N-dealkylation sites (tertiary alicyclic amines) is 1. The van der Waals surface area contributed by atoms with Gasteiger partial charge in [0.1, 0.15) is 46.0 Å². The van der Waals surface area contributed by atoms with Crippen molar-refractivity contribution in [2.45, 2.75) is 96.6 Å². The van der Waals surface area contributed by atoms with Gasteiger partial charge in [0.2, 0.25) is 0 Å². The standard InChI is InChI=1S/C27H29N5O2.C25H24N6O2S.C25H28N6O2.C24H29N7O4S.6CH4/c1-31-16-20(13-29-31)27-14-28-25-8-7-21(11-26(25)30-27)32(15-18-3-4-18)22-9-23(33-2)12-24(10-22)34-17-19-5-6-19;1-16-28-18(15-34-16)14-31(20-7-21(32-3)10-22(8-20)33-4)19-5-6-23-24(9-19)29-25(12-26-23)17-11-27-30(2)13-17;1-32-21-11-20(12-22(14-21)33-2)31(10-9-30-7-3-4-8-30)19-5-6-23-24(13-19)29-25(17-26-23)18-15-27-28-16-18;1-29(2)36(32,33)27-8-9-31(19-10-20(34-4)13-21(11-19)35-5)18-6-7-22-23(12-18)28-24(15-25-22)17-14-26-30(3)16-17;;;;;;/h7-14,16,18-19H,3-6,15,17H2,1-2H3;5-13,15H,14H2,1-4H3;5-6,11-17H,3-4,7-10H2,1-2H3,(H,27,28);6-7,10-16,27H,8-9H2,1-5H3;6*1H4. The molecule has 20 rings (SSSR count). The summed E-state index contributed by atoms with van der Waals surface area (Å²) in [6, 6.07) is 47.9. The number of rotatable bonds is 34. The fourth-order valence-electron chi connectivity index (χ4n) is 15.9. The Labute approximate surface area is 843 Å². The third-order valence-electron chi connectivity index (χ3n) is 23.7. The average molecular weight is 1980 g/mol. The quantitative estimate of drug-likeness (QED) is 0.0378. The lowest BCUT2D eigenvalue weighted by molar-refractivity contribution is 0.297. The molecule has 1 aliphatic heterocycles. The lowest BCUT2D eigenvalue weighted by Crippen LogP contribution is -2.39. The number of aromatic amines is 1. The van der Waals surface area contributed by atoms with Crippen molar-refractivity contribution in [3.8, 4) is 91.0 Å². The van der Waals surface area contributed by atoms with Gasteiger partial charge in [0.05, 0.1) is 190 Å². The number of aryl methyl sites for hydroxylation is 4. The predicted octanol–water partition coefficient (Wildman–Crippen LogP) is 21.2. The van der Waals surface area contributed by atoms with Crippen LogP contribution < -0.4 is 62.2 Å². The highest BCUT2D eigenvalue weighted by molar-refractivity contribution is 7.87. The first-order valence-electron chi connectivity index (χ1n) is 45.1. The molecule has 754 valence electrons. The van der Waals surface area contributed by atoms with Gasteiger partial charge in [0.25, 0.3) is 10.2 Å². The van der Waals surface area contributed by atoms with Crippen molar-refractivity contribution < 1.29 is 46.3 Å². The molecule has 2 N–H and O–H groups in total. The second-order valence-corrected chi connectivity index (χ2v) is 36.8. The topological polar surface area (TPSA) is 338 Å². The van der Waals surface area contributed by atoms with Gasteiger partial charge in [-0.1, -0.05) is 44.6 Å². The Hall–Kier alpha value is -15.0. The highest BCUT2D eigenvalue weighted by atomic mass is 32.2. The van der Waals surface area contributed by atoms with E-state index in [2.05, 4.69) is 123 Å². The van der Waals surface area contributed by atoms with E-state index in [1.165, 1.54) is 52.6 Å². The molecule has 9 aromatic heterocycles. The van der Waals surface area contributed by atoms with Gasteiger partial charge in [-0.15, -0.1) is 11.3 Å². The molecule has 0 unspecified atom stereocenters. The Morgan fingerprint density at radius 3 is 1.11 bits per heavy atom. The van der Waals surface area contributed by atoms with Crippen LogP contribution in [0, 0.1) is 18.8 Å². The molecule has 34 nitrogen and oxygen atoms in total. The van der Waals surface area contributed by atoms with Crippen LogP contribution in [0.5, 0.6) is 46.0 Å². The van der Waals surface area contributed by atoms with Crippen LogP contribution in [-0.4, -0.2) is 218 Å². The van der Waals surface area contributed by atoms with Gasteiger partial charge in [0.15, 0.2) is 0 Å². The fraction of sp³-hybridized carbons (Fsp3) is 0.336. The molecule has 10 heterocycles. The van der Waals surface area contributed by atoms with Crippen molar-refractivity contribution in [1.82, 2.24) is 98.3 Å². The maximum absolute atomic E-state index is 12.3. The van der Waals surface area contributed by atoms with Crippen LogP contribution in [-0.2, 0) is 37.9 Å². The maximum Gasteiger partial charge on any atom is 0.278 e. The fourth-order valence-corrected chi connectivity index (χ4v) is 17.1. The summed E-state index contributed by atoms with van der Waals surface area (Å²) < 4.78 is 78.3. The van der Waals surface area contributed by atoms with Crippen molar-refractivity contribution in [2.75, 3.05) is 136 Å². The summed E-state index contributed by atoms with van der Waals surface area (Å²) in [6.45, 7) is 8.98. The zero-order chi connectivity index (χ0) is 95.2. The summed E-state index contributed by atoms with van der Waals surface area (Å²) in [4.78, 5) is 53.8. The largest absolute Gasteiger partial charge is 0.497 e. The summed E-state index contributed by atoms with van der Waals surface area (Å²) in [7, 11) is 16.6. The number of methoxy groups -OCH3 is 7. The van der Waals surface area contributed by atoms with Crippen LogP contribution >= 0.6 is 11.3 Å². The van der Waals surface area contributed by atoms with E-state index in [0.29, 0.717) is 59.1 Å². The minimum absolute atomic E-state index is 0. The number of ether oxygens (including phenoxy) is 8. The SMILES string of the molecule is C.C.C.C.C.C.COc1cc(OC)cc(N(CCN2CCCC2)c2ccc3ncc(-c4cn[nH]c4)nc3c2)c1.COc1cc(OC)cc(N(CCNS(=O)(=O)N(C)C)c2ccc3ncc(-c4cnn(C)c4)nc3c2)c1.COc1cc(OC)cc(N(Cc2csc(C)n2)c2ccc3ncc(-c4cnn(C)c4)nc3c2)c1.COc1cc(OCC2CC2)cc(N(CC2CC2)c2ccc3ncc(-c4cnn(C)c4)nc3c2)c1. The summed E-state index contributed by atoms with van der Waals surface area (Å²) >= 11 is 1.64. The maximum atomic E-state index is 12.3. The van der Waals surface area contributed by atoms with Crippen LogP contribution in [0.25, 0.3) is 89.2 Å². The molecule has 0 spiro atoms. The Kier molecular flexibility index (Phi) is 37.5. The summed E-state index contributed by atoms with van der Waals surface area (Å²) in [6.07, 6.45) is 29.4. The van der Waals surface area contributed by atoms with E-state index in [1.807, 2.05) is 167 Å². The van der Waals surface area contributed by atoms with E-state index in [-0.39, 0.29) is 51.1 Å². The number of aromatic nitrogens is 17. The van der Waals surface area contributed by atoms with Crippen LogP contribution in [0.3, 0.4) is 0 Å². The normalized spacial score (nSPS) is 12.5. The zero-order valence-corrected chi connectivity index (χ0v) is 80.5.